The van der Waals surface area contributed by atoms with Gasteiger partial charge in [0, 0.05) is 29.8 Å². The van der Waals surface area contributed by atoms with Crippen LogP contribution in [0.1, 0.15) is 46.0 Å². The molecular weight excluding hydrogens is 514 g/mol. The van der Waals surface area contributed by atoms with Gasteiger partial charge in [0.1, 0.15) is 11.6 Å². The van der Waals surface area contributed by atoms with Crippen LogP contribution < -0.4 is 10.6 Å². The minimum atomic E-state index is -1.16. The second-order valence-corrected chi connectivity index (χ2v) is 12.8. The second-order valence-electron chi connectivity index (χ2n) is 11.9. The summed E-state index contributed by atoms with van der Waals surface area (Å²) >= 11 is 1.60. The molecule has 9 atom stereocenters. The summed E-state index contributed by atoms with van der Waals surface area (Å²) in [7, 11) is 0. The lowest BCUT2D eigenvalue weighted by Gasteiger charge is -2.38. The first-order valence-electron chi connectivity index (χ1n) is 14.4. The maximum absolute atomic E-state index is 14.1. The fourth-order valence-corrected chi connectivity index (χ4v) is 7.90. The van der Waals surface area contributed by atoms with Crippen LogP contribution in [0.5, 0.6) is 0 Å². The summed E-state index contributed by atoms with van der Waals surface area (Å²) in [5.74, 6) is -1.22. The number of benzene rings is 1. The Balaban J connectivity index is 1.29. The Bertz CT molecular complexity index is 1170. The number of likely N-dealkylation sites (tertiary alicyclic amines) is 1. The van der Waals surface area contributed by atoms with E-state index in [-0.39, 0.29) is 29.9 Å². The maximum atomic E-state index is 14.1. The zero-order valence-corrected chi connectivity index (χ0v) is 23.7. The first kappa shape index (κ1) is 26.8. The molecule has 3 saturated heterocycles. The fraction of sp³-hybridized carbons (Fsp3) is 0.633. The van der Waals surface area contributed by atoms with Gasteiger partial charge in [0.15, 0.2) is 0 Å². The van der Waals surface area contributed by atoms with E-state index in [1.165, 1.54) is 0 Å². The van der Waals surface area contributed by atoms with E-state index < -0.39 is 29.6 Å². The van der Waals surface area contributed by atoms with Crippen LogP contribution in [0.4, 0.5) is 5.69 Å². The topological polar surface area (TPSA) is 97.0 Å². The normalized spacial score (nSPS) is 38.7. The molecule has 0 radical (unpaired) electrons. The minimum Gasteiger partial charge on any atom is -0.376 e. The molecule has 4 fully saturated rings. The monoisotopic (exact) mass is 553 g/mol. The van der Waals surface area contributed by atoms with Gasteiger partial charge in [-0.1, -0.05) is 44.9 Å². The number of carbonyl (C=O) groups is 3. The minimum absolute atomic E-state index is 0.0572. The summed E-state index contributed by atoms with van der Waals surface area (Å²) in [6.07, 6.45) is 10.0. The van der Waals surface area contributed by atoms with Crippen LogP contribution >= 0.6 is 11.8 Å². The van der Waals surface area contributed by atoms with Gasteiger partial charge in [-0.15, -0.1) is 11.8 Å². The zero-order valence-electron chi connectivity index (χ0n) is 22.9. The summed E-state index contributed by atoms with van der Waals surface area (Å²) in [5.41, 5.74) is -0.471. The number of fused-ring (bicyclic) bond motifs is 1. The largest absolute Gasteiger partial charge is 0.376 e. The number of carbonyl (C=O) groups excluding carboxylic acids is 3. The average molecular weight is 554 g/mol. The Hall–Kier alpha value is -2.36. The first-order valence-corrected chi connectivity index (χ1v) is 15.6. The summed E-state index contributed by atoms with van der Waals surface area (Å²) in [4.78, 5) is 44.6. The average Bonchev–Trinajstić information content (AvgIpc) is 3.70. The Labute approximate surface area is 234 Å². The van der Waals surface area contributed by atoms with Crippen molar-refractivity contribution in [1.29, 1.82) is 0 Å². The molecule has 1 spiro atoms. The van der Waals surface area contributed by atoms with Gasteiger partial charge in [-0.25, -0.2) is 0 Å². The van der Waals surface area contributed by atoms with E-state index in [9.17, 15) is 14.4 Å². The van der Waals surface area contributed by atoms with Crippen molar-refractivity contribution in [2.75, 3.05) is 24.7 Å². The van der Waals surface area contributed by atoms with Crippen LogP contribution in [0.3, 0.4) is 0 Å². The first-order chi connectivity index (χ1) is 18.8. The van der Waals surface area contributed by atoms with Crippen LogP contribution in [-0.2, 0) is 23.9 Å². The van der Waals surface area contributed by atoms with Crippen molar-refractivity contribution < 1.29 is 23.9 Å². The van der Waals surface area contributed by atoms with Gasteiger partial charge >= 0.3 is 0 Å². The Morgan fingerprint density at radius 3 is 2.77 bits per heavy atom. The highest BCUT2D eigenvalue weighted by Gasteiger charge is 2.73. The van der Waals surface area contributed by atoms with E-state index in [1.807, 2.05) is 42.7 Å². The molecule has 1 aromatic rings. The molecule has 5 aliphatic rings. The van der Waals surface area contributed by atoms with Gasteiger partial charge in [-0.05, 0) is 55.6 Å². The quantitative estimate of drug-likeness (QED) is 0.396. The number of nitrogens with one attached hydrogen (secondary N) is 2. The number of thioether (sulfide) groups is 1. The Morgan fingerprint density at radius 1 is 1.15 bits per heavy atom. The van der Waals surface area contributed by atoms with Crippen molar-refractivity contribution in [3.05, 3.63) is 36.4 Å². The predicted molar refractivity (Wildman–Crippen MR) is 149 cm³/mol. The van der Waals surface area contributed by atoms with Crippen molar-refractivity contribution in [2.24, 2.45) is 23.7 Å². The molecule has 4 aliphatic heterocycles. The summed E-state index contributed by atoms with van der Waals surface area (Å²) in [6, 6.07) is 6.88. The van der Waals surface area contributed by atoms with Gasteiger partial charge in [-0.2, -0.15) is 0 Å². The highest BCUT2D eigenvalue weighted by Crippen LogP contribution is 2.55. The third-order valence-electron chi connectivity index (χ3n) is 9.72. The summed E-state index contributed by atoms with van der Waals surface area (Å²) < 4.78 is 12.4. The number of hydrogen-bond donors (Lipinski definition) is 2. The zero-order chi connectivity index (χ0) is 27.3. The number of rotatable bonds is 7. The van der Waals surface area contributed by atoms with E-state index in [0.717, 1.165) is 37.0 Å². The lowest BCUT2D eigenvalue weighted by Crippen LogP contribution is -2.58. The van der Waals surface area contributed by atoms with E-state index in [0.29, 0.717) is 30.7 Å². The molecule has 0 unspecified atom stereocenters. The van der Waals surface area contributed by atoms with Crippen molar-refractivity contribution in [2.45, 2.75) is 80.7 Å². The lowest BCUT2D eigenvalue weighted by atomic mass is 9.73. The van der Waals surface area contributed by atoms with Crippen molar-refractivity contribution in [3.8, 4) is 0 Å². The van der Waals surface area contributed by atoms with Gasteiger partial charge < -0.3 is 25.0 Å². The van der Waals surface area contributed by atoms with Crippen LogP contribution in [0.25, 0.3) is 0 Å². The molecule has 2 bridgehead atoms. The second kappa shape index (κ2) is 10.6. The number of nitrogens with zero attached hydrogens (tertiary/aromatic N) is 1. The molecule has 2 N–H and O–H groups in total. The third-order valence-corrected chi connectivity index (χ3v) is 10.4. The van der Waals surface area contributed by atoms with Gasteiger partial charge in [-0.3, -0.25) is 14.4 Å². The SMILES string of the molecule is CSc1cccc(NC(=O)[C@@H]2[C@@H]3C=C[C@]4(O3)[C@@H]2C(=O)N(C[C@H]2CCCO2)[C@H]4C(=O)N[C@@H]2CCC[C@H](C)[C@H]2C)c1. The van der Waals surface area contributed by atoms with Crippen molar-refractivity contribution in [1.82, 2.24) is 10.2 Å². The van der Waals surface area contributed by atoms with E-state index in [2.05, 4.69) is 24.5 Å². The third kappa shape index (κ3) is 4.60. The van der Waals surface area contributed by atoms with E-state index >= 15 is 0 Å². The van der Waals surface area contributed by atoms with Crippen LogP contribution in [0.15, 0.2) is 41.3 Å². The molecule has 1 aliphatic carbocycles. The number of anilines is 1. The Kier molecular flexibility index (Phi) is 7.27. The van der Waals surface area contributed by atoms with Crippen LogP contribution in [0.2, 0.25) is 0 Å². The molecule has 210 valence electrons. The van der Waals surface area contributed by atoms with Crippen LogP contribution in [-0.4, -0.2) is 71.9 Å². The molecule has 9 heteroatoms. The number of amides is 3. The molecule has 8 nitrogen and oxygen atoms in total. The van der Waals surface area contributed by atoms with Gasteiger partial charge in [0.2, 0.25) is 17.7 Å². The number of ether oxygens (including phenoxy) is 2. The van der Waals surface area contributed by atoms with Crippen LogP contribution in [0, 0.1) is 23.7 Å². The fourth-order valence-electron chi connectivity index (χ4n) is 7.45. The molecule has 1 saturated carbocycles. The standard InChI is InChI=1S/C30H39N3O5S/c1-17-7-4-11-22(18(17)2)32-28(35)26-30-13-12-23(38-30)24(27(34)31-19-8-5-10-21(15-19)39-3)25(30)29(36)33(26)16-20-9-6-14-37-20/h5,8,10,12-13,15,17-18,20,22-26H,4,6-7,9,11,14,16H2,1-3H3,(H,31,34)(H,32,35)/t17-,18+,20+,22+,23-,24+,25-,26-,30-/m0/s1. The van der Waals surface area contributed by atoms with Gasteiger partial charge in [0.05, 0.1) is 24.0 Å². The molecule has 39 heavy (non-hydrogen) atoms. The molecule has 3 amide bonds. The molecule has 6 rings (SSSR count). The molecule has 4 heterocycles. The van der Waals surface area contributed by atoms with Gasteiger partial charge in [0.25, 0.3) is 0 Å². The highest BCUT2D eigenvalue weighted by molar-refractivity contribution is 7.98. The van der Waals surface area contributed by atoms with E-state index in [1.54, 1.807) is 16.7 Å². The molecule has 1 aromatic carbocycles. The summed E-state index contributed by atoms with van der Waals surface area (Å²) in [5, 5.41) is 6.33. The maximum Gasteiger partial charge on any atom is 0.246 e. The lowest BCUT2D eigenvalue weighted by molar-refractivity contribution is -0.143. The van der Waals surface area contributed by atoms with Crippen molar-refractivity contribution >= 4 is 35.2 Å². The molecule has 0 aromatic heterocycles. The highest BCUT2D eigenvalue weighted by atomic mass is 32.2. The molecular formula is C30H39N3O5S. The predicted octanol–water partition coefficient (Wildman–Crippen LogP) is 3.62. The van der Waals surface area contributed by atoms with Crippen molar-refractivity contribution in [3.63, 3.8) is 0 Å². The van der Waals surface area contributed by atoms with E-state index in [4.69, 9.17) is 9.47 Å². The number of hydrogen-bond acceptors (Lipinski definition) is 6. The summed E-state index contributed by atoms with van der Waals surface area (Å²) in [6.45, 7) is 5.43. The smallest absolute Gasteiger partial charge is 0.246 e. The Morgan fingerprint density at radius 2 is 2.00 bits per heavy atom.